The highest BCUT2D eigenvalue weighted by molar-refractivity contribution is 6.30. The highest BCUT2D eigenvalue weighted by Gasteiger charge is 2.45. The molecule has 2 aromatic rings. The third-order valence-corrected chi connectivity index (χ3v) is 5.69. The average Bonchev–Trinajstić information content (AvgIpc) is 2.78. The number of aromatic hydroxyl groups is 1. The Labute approximate surface area is 182 Å². The molecule has 1 saturated heterocycles. The van der Waals surface area contributed by atoms with Gasteiger partial charge < -0.3 is 39.7 Å². The molecule has 2 aromatic carbocycles. The van der Waals surface area contributed by atoms with Gasteiger partial charge in [-0.1, -0.05) is 12.1 Å². The smallest absolute Gasteiger partial charge is 0.229 e. The third kappa shape index (κ3) is 3.24. The minimum atomic E-state index is -1.69. The molecule has 4 rings (SSSR count). The first kappa shape index (κ1) is 22.2. The second-order valence-corrected chi connectivity index (χ2v) is 7.65. The van der Waals surface area contributed by atoms with Gasteiger partial charge in [0.05, 0.1) is 24.8 Å². The summed E-state index contributed by atoms with van der Waals surface area (Å²) in [7, 11) is 1.26. The van der Waals surface area contributed by atoms with Crippen LogP contribution in [0.1, 0.15) is 37.4 Å². The van der Waals surface area contributed by atoms with Gasteiger partial charge >= 0.3 is 0 Å². The number of aliphatic hydroxyl groups excluding tert-OH is 4. The van der Waals surface area contributed by atoms with Gasteiger partial charge in [-0.2, -0.15) is 0 Å². The number of hydrogen-bond donors (Lipinski definition) is 5. The maximum atomic E-state index is 13.2. The van der Waals surface area contributed by atoms with E-state index in [9.17, 15) is 35.1 Å². The fourth-order valence-electron chi connectivity index (χ4n) is 4.03. The van der Waals surface area contributed by atoms with E-state index in [0.717, 1.165) is 0 Å². The zero-order chi connectivity index (χ0) is 23.3. The Morgan fingerprint density at radius 1 is 0.969 bits per heavy atom. The summed E-state index contributed by atoms with van der Waals surface area (Å²) in [5.41, 5.74) is 0.195. The van der Waals surface area contributed by atoms with Gasteiger partial charge in [0.25, 0.3) is 0 Å². The number of ether oxygens (including phenoxy) is 3. The number of aryl methyl sites for hydroxylation is 1. The van der Waals surface area contributed by atoms with Crippen molar-refractivity contribution in [3.05, 3.63) is 52.1 Å². The molecule has 0 spiro atoms. The van der Waals surface area contributed by atoms with Crippen LogP contribution in [0.2, 0.25) is 0 Å². The topological polar surface area (TPSA) is 163 Å². The van der Waals surface area contributed by atoms with Gasteiger partial charge in [0.1, 0.15) is 30.2 Å². The highest BCUT2D eigenvalue weighted by Crippen LogP contribution is 2.44. The largest absolute Gasteiger partial charge is 0.507 e. The summed E-state index contributed by atoms with van der Waals surface area (Å²) in [5.74, 6) is -1.65. The third-order valence-electron chi connectivity index (χ3n) is 5.69. The summed E-state index contributed by atoms with van der Waals surface area (Å²) in [6.07, 6.45) is -7.64. The lowest BCUT2D eigenvalue weighted by Gasteiger charge is -2.40. The summed E-state index contributed by atoms with van der Waals surface area (Å²) >= 11 is 0. The highest BCUT2D eigenvalue weighted by atomic mass is 16.7. The normalized spacial score (nSPS) is 27.0. The van der Waals surface area contributed by atoms with Gasteiger partial charge in [-0.25, -0.2) is 0 Å². The number of carbonyl (C=O) groups excluding carboxylic acids is 2. The molecule has 0 unspecified atom stereocenters. The van der Waals surface area contributed by atoms with Crippen molar-refractivity contribution in [3.63, 3.8) is 0 Å². The van der Waals surface area contributed by atoms with Gasteiger partial charge in [-0.15, -0.1) is 0 Å². The molecule has 32 heavy (non-hydrogen) atoms. The lowest BCUT2D eigenvalue weighted by atomic mass is 9.82. The molecule has 1 aliphatic heterocycles. The monoisotopic (exact) mass is 446 g/mol. The number of ketones is 2. The molecule has 170 valence electrons. The standard InChI is InChI=1S/C22H22O10/c1-8-6-10-14(17(27)13-9(15(10)25)4-3-5-11(13)24)21(30-2)20(8)32-22-19(29)18(28)16(26)12(7-23)31-22/h3-6,12,16,18-19,22-24,26,28-29H,7H2,1-2H3/t12-,16+,18-,19-,22-/m1/s1. The lowest BCUT2D eigenvalue weighted by Crippen LogP contribution is -2.60. The molecule has 1 fully saturated rings. The first-order valence-electron chi connectivity index (χ1n) is 9.81. The van der Waals surface area contributed by atoms with Crippen molar-refractivity contribution in [3.8, 4) is 17.2 Å². The minimum Gasteiger partial charge on any atom is -0.507 e. The first-order chi connectivity index (χ1) is 15.2. The predicted octanol–water partition coefficient (Wildman–Crippen LogP) is -0.337. The summed E-state index contributed by atoms with van der Waals surface area (Å²) in [5, 5.41) is 49.9. The van der Waals surface area contributed by atoms with Crippen molar-refractivity contribution in [2.24, 2.45) is 0 Å². The molecule has 0 radical (unpaired) electrons. The molecule has 0 bridgehead atoms. The number of phenols is 1. The van der Waals surface area contributed by atoms with E-state index in [0.29, 0.717) is 5.56 Å². The van der Waals surface area contributed by atoms with Gasteiger partial charge in [0.2, 0.25) is 12.1 Å². The van der Waals surface area contributed by atoms with Crippen molar-refractivity contribution in [1.29, 1.82) is 0 Å². The number of methoxy groups -OCH3 is 1. The molecule has 1 heterocycles. The van der Waals surface area contributed by atoms with Crippen LogP contribution in [0.25, 0.3) is 0 Å². The van der Waals surface area contributed by atoms with Crippen molar-refractivity contribution in [1.82, 2.24) is 0 Å². The van der Waals surface area contributed by atoms with E-state index in [4.69, 9.17) is 14.2 Å². The maximum absolute atomic E-state index is 13.2. The minimum absolute atomic E-state index is 0.0457. The molecule has 0 amide bonds. The van der Waals surface area contributed by atoms with Gasteiger partial charge in [0, 0.05) is 11.1 Å². The number of benzene rings is 2. The van der Waals surface area contributed by atoms with Crippen LogP contribution in [0, 0.1) is 6.92 Å². The van der Waals surface area contributed by atoms with Crippen LogP contribution in [0.5, 0.6) is 17.2 Å². The molecule has 2 aliphatic rings. The van der Waals surface area contributed by atoms with Crippen molar-refractivity contribution in [2.75, 3.05) is 13.7 Å². The molecule has 0 saturated carbocycles. The fraction of sp³-hybridized carbons (Fsp3) is 0.364. The average molecular weight is 446 g/mol. The van der Waals surface area contributed by atoms with E-state index in [1.807, 2.05) is 0 Å². The van der Waals surface area contributed by atoms with Crippen LogP contribution in [0.3, 0.4) is 0 Å². The Bertz CT molecular complexity index is 1090. The number of rotatable bonds is 4. The number of aliphatic hydroxyl groups is 4. The Kier molecular flexibility index (Phi) is 5.65. The van der Waals surface area contributed by atoms with Crippen LogP contribution >= 0.6 is 0 Å². The van der Waals surface area contributed by atoms with Crippen LogP contribution in [0.4, 0.5) is 0 Å². The molecule has 10 nitrogen and oxygen atoms in total. The molecule has 5 atom stereocenters. The molecular formula is C22H22O10. The van der Waals surface area contributed by atoms with E-state index in [-0.39, 0.29) is 39.5 Å². The van der Waals surface area contributed by atoms with E-state index < -0.39 is 48.9 Å². The quantitative estimate of drug-likeness (QED) is 0.358. The zero-order valence-electron chi connectivity index (χ0n) is 17.2. The second-order valence-electron chi connectivity index (χ2n) is 7.65. The van der Waals surface area contributed by atoms with Crippen molar-refractivity contribution in [2.45, 2.75) is 37.6 Å². The molecule has 10 heteroatoms. The fourth-order valence-corrected chi connectivity index (χ4v) is 4.03. The Morgan fingerprint density at radius 3 is 2.34 bits per heavy atom. The Hall–Kier alpha value is -3.02. The zero-order valence-corrected chi connectivity index (χ0v) is 17.2. The number of carbonyl (C=O) groups is 2. The molecule has 5 N–H and O–H groups in total. The van der Waals surface area contributed by atoms with E-state index in [1.54, 1.807) is 6.92 Å². The van der Waals surface area contributed by atoms with Crippen molar-refractivity contribution >= 4 is 11.6 Å². The second kappa shape index (κ2) is 8.15. The van der Waals surface area contributed by atoms with Crippen LogP contribution in [-0.2, 0) is 4.74 Å². The summed E-state index contributed by atoms with van der Waals surface area (Å²) in [6, 6.07) is 5.62. The lowest BCUT2D eigenvalue weighted by molar-refractivity contribution is -0.277. The first-order valence-corrected chi connectivity index (χ1v) is 9.81. The summed E-state index contributed by atoms with van der Waals surface area (Å²) in [4.78, 5) is 26.3. The van der Waals surface area contributed by atoms with Gasteiger partial charge in [-0.3, -0.25) is 9.59 Å². The number of hydrogen-bond acceptors (Lipinski definition) is 10. The van der Waals surface area contributed by atoms with Crippen LogP contribution < -0.4 is 9.47 Å². The summed E-state index contributed by atoms with van der Waals surface area (Å²) in [6.45, 7) is 0.937. The molecular weight excluding hydrogens is 424 g/mol. The summed E-state index contributed by atoms with van der Waals surface area (Å²) < 4.78 is 16.5. The van der Waals surface area contributed by atoms with E-state index in [2.05, 4.69) is 0 Å². The van der Waals surface area contributed by atoms with Gasteiger partial charge in [-0.05, 0) is 24.6 Å². The van der Waals surface area contributed by atoms with Crippen molar-refractivity contribution < 1.29 is 49.3 Å². The molecule has 1 aliphatic carbocycles. The predicted molar refractivity (Wildman–Crippen MR) is 107 cm³/mol. The van der Waals surface area contributed by atoms with Gasteiger partial charge in [0.15, 0.2) is 17.3 Å². The Balaban J connectivity index is 1.81. The maximum Gasteiger partial charge on any atom is 0.229 e. The van der Waals surface area contributed by atoms with Crippen LogP contribution in [0.15, 0.2) is 24.3 Å². The number of fused-ring (bicyclic) bond motifs is 2. The Morgan fingerprint density at radius 2 is 1.69 bits per heavy atom. The van der Waals surface area contributed by atoms with E-state index >= 15 is 0 Å². The van der Waals surface area contributed by atoms with Crippen LogP contribution in [-0.4, -0.2) is 81.5 Å². The SMILES string of the molecule is COc1c(O[C@H]2O[C@H](CO)[C@H](O)[C@@H](O)[C@H]2O)c(C)cc2c1C(=O)c1c(O)cccc1C2=O. The van der Waals surface area contributed by atoms with E-state index in [1.165, 1.54) is 31.4 Å². The molecule has 0 aromatic heterocycles. The number of phenolic OH excluding ortho intramolecular Hbond substituents is 1.